The molecule has 5 heteroatoms. The Morgan fingerprint density at radius 2 is 2.22 bits per heavy atom. The second-order valence-corrected chi connectivity index (χ2v) is 4.13. The Morgan fingerprint density at radius 1 is 1.50 bits per heavy atom. The molecule has 2 unspecified atom stereocenters. The number of carbonyl (C=O) groups is 1. The van der Waals surface area contributed by atoms with Crippen LogP contribution in [0.5, 0.6) is 0 Å². The van der Waals surface area contributed by atoms with Crippen molar-refractivity contribution in [3.8, 4) is 0 Å². The van der Waals surface area contributed by atoms with Crippen LogP contribution in [-0.4, -0.2) is 49.6 Å². The van der Waals surface area contributed by atoms with E-state index in [0.29, 0.717) is 26.2 Å². The first kappa shape index (κ1) is 17.1. The summed E-state index contributed by atoms with van der Waals surface area (Å²) in [5.41, 5.74) is 0. The fraction of sp³-hybridized carbons (Fsp3) is 0.769. The summed E-state index contributed by atoms with van der Waals surface area (Å²) in [4.78, 5) is 10.8. The minimum atomic E-state index is -0.596. The highest BCUT2D eigenvalue weighted by atomic mass is 16.5. The third kappa shape index (κ3) is 10.3. The van der Waals surface area contributed by atoms with Gasteiger partial charge in [-0.1, -0.05) is 13.5 Å². The Morgan fingerprint density at radius 3 is 2.83 bits per heavy atom. The van der Waals surface area contributed by atoms with Gasteiger partial charge in [0.05, 0.1) is 19.3 Å². The average Bonchev–Trinajstić information content (AvgIpc) is 2.39. The van der Waals surface area contributed by atoms with Gasteiger partial charge in [-0.2, -0.15) is 0 Å². The van der Waals surface area contributed by atoms with Crippen molar-refractivity contribution in [3.63, 3.8) is 0 Å². The van der Waals surface area contributed by atoms with Crippen LogP contribution in [0.15, 0.2) is 12.7 Å². The molecule has 0 aromatic rings. The van der Waals surface area contributed by atoms with Crippen LogP contribution in [0.2, 0.25) is 0 Å². The molecule has 0 aliphatic heterocycles. The smallest absolute Gasteiger partial charge is 0.243 e. The third-order valence-electron chi connectivity index (χ3n) is 2.41. The van der Waals surface area contributed by atoms with E-state index < -0.39 is 6.10 Å². The second-order valence-electron chi connectivity index (χ2n) is 4.13. The number of rotatable bonds is 11. The van der Waals surface area contributed by atoms with Crippen LogP contribution in [0.1, 0.15) is 26.7 Å². The molecule has 0 aliphatic rings. The quantitative estimate of drug-likeness (QED) is 0.427. The average molecular weight is 259 g/mol. The molecule has 0 spiro atoms. The molecule has 106 valence electrons. The Balaban J connectivity index is 3.32. The molecule has 5 nitrogen and oxygen atoms in total. The highest BCUT2D eigenvalue weighted by molar-refractivity contribution is 5.86. The number of ether oxygens (including phenoxy) is 2. The normalized spacial score (nSPS) is 13.9. The van der Waals surface area contributed by atoms with E-state index in [1.54, 1.807) is 0 Å². The zero-order chi connectivity index (χ0) is 13.8. The molecule has 0 aromatic carbocycles. The SMILES string of the molecule is C=CC(=O)NCCCOCC(O)COC(C)CC. The molecular weight excluding hydrogens is 234 g/mol. The van der Waals surface area contributed by atoms with Crippen LogP contribution in [0.25, 0.3) is 0 Å². The van der Waals surface area contributed by atoms with E-state index in [1.165, 1.54) is 6.08 Å². The van der Waals surface area contributed by atoms with Gasteiger partial charge in [-0.25, -0.2) is 0 Å². The minimum Gasteiger partial charge on any atom is -0.388 e. The van der Waals surface area contributed by atoms with Crippen molar-refractivity contribution < 1.29 is 19.4 Å². The van der Waals surface area contributed by atoms with Gasteiger partial charge in [-0.05, 0) is 25.8 Å². The van der Waals surface area contributed by atoms with Crippen molar-refractivity contribution in [2.24, 2.45) is 0 Å². The zero-order valence-corrected chi connectivity index (χ0v) is 11.4. The van der Waals surface area contributed by atoms with Crippen LogP contribution >= 0.6 is 0 Å². The van der Waals surface area contributed by atoms with Gasteiger partial charge in [-0.15, -0.1) is 0 Å². The first-order valence-electron chi connectivity index (χ1n) is 6.37. The van der Waals surface area contributed by atoms with Crippen LogP contribution in [0.3, 0.4) is 0 Å². The molecule has 0 saturated heterocycles. The molecule has 0 aliphatic carbocycles. The standard InChI is InChI=1S/C13H25NO4/c1-4-11(3)18-10-12(15)9-17-8-6-7-14-13(16)5-2/h5,11-12,15H,2,4,6-10H2,1,3H3,(H,14,16). The summed E-state index contributed by atoms with van der Waals surface area (Å²) in [6, 6.07) is 0. The summed E-state index contributed by atoms with van der Waals surface area (Å²) in [5.74, 6) is -0.183. The molecule has 18 heavy (non-hydrogen) atoms. The summed E-state index contributed by atoms with van der Waals surface area (Å²) >= 11 is 0. The van der Waals surface area contributed by atoms with Crippen molar-refractivity contribution >= 4 is 5.91 Å². The van der Waals surface area contributed by atoms with Gasteiger partial charge >= 0.3 is 0 Å². The maximum Gasteiger partial charge on any atom is 0.243 e. The van der Waals surface area contributed by atoms with E-state index in [9.17, 15) is 9.90 Å². The van der Waals surface area contributed by atoms with Crippen molar-refractivity contribution in [2.75, 3.05) is 26.4 Å². The van der Waals surface area contributed by atoms with Gasteiger partial charge in [0.1, 0.15) is 6.10 Å². The molecule has 0 radical (unpaired) electrons. The van der Waals surface area contributed by atoms with E-state index in [4.69, 9.17) is 9.47 Å². The fourth-order valence-electron chi connectivity index (χ4n) is 1.12. The summed E-state index contributed by atoms with van der Waals surface area (Å²) in [5, 5.41) is 12.2. The molecule has 1 amide bonds. The second kappa shape index (κ2) is 11.2. The molecule has 0 fully saturated rings. The van der Waals surface area contributed by atoms with Crippen LogP contribution in [0.4, 0.5) is 0 Å². The first-order valence-corrected chi connectivity index (χ1v) is 6.37. The fourth-order valence-corrected chi connectivity index (χ4v) is 1.12. The van der Waals surface area contributed by atoms with Gasteiger partial charge in [0, 0.05) is 13.2 Å². The molecular formula is C13H25NO4. The summed E-state index contributed by atoms with van der Waals surface area (Å²) < 4.78 is 10.6. The van der Waals surface area contributed by atoms with E-state index in [2.05, 4.69) is 11.9 Å². The predicted octanol–water partition coefficient (Wildman–Crippen LogP) is 0.871. The van der Waals surface area contributed by atoms with E-state index in [0.717, 1.165) is 6.42 Å². The monoisotopic (exact) mass is 259 g/mol. The largest absolute Gasteiger partial charge is 0.388 e. The Kier molecular flexibility index (Phi) is 10.6. The Bertz CT molecular complexity index is 233. The molecule has 2 atom stereocenters. The third-order valence-corrected chi connectivity index (χ3v) is 2.41. The molecule has 0 bridgehead atoms. The maximum absolute atomic E-state index is 10.8. The van der Waals surface area contributed by atoms with E-state index in [-0.39, 0.29) is 18.6 Å². The van der Waals surface area contributed by atoms with Crippen LogP contribution < -0.4 is 5.32 Å². The number of hydrogen-bond acceptors (Lipinski definition) is 4. The number of amides is 1. The molecule has 0 aromatic heterocycles. The number of carbonyl (C=O) groups excluding carboxylic acids is 1. The molecule has 0 saturated carbocycles. The number of aliphatic hydroxyl groups excluding tert-OH is 1. The number of nitrogens with one attached hydrogen (secondary N) is 1. The lowest BCUT2D eigenvalue weighted by molar-refractivity contribution is -0.116. The van der Waals surface area contributed by atoms with Gasteiger partial charge in [0.25, 0.3) is 0 Å². The van der Waals surface area contributed by atoms with Crippen molar-refractivity contribution in [2.45, 2.75) is 38.9 Å². The molecule has 0 rings (SSSR count). The summed E-state index contributed by atoms with van der Waals surface area (Å²) in [6.45, 7) is 8.94. The van der Waals surface area contributed by atoms with Gasteiger partial charge in [0.15, 0.2) is 0 Å². The zero-order valence-electron chi connectivity index (χ0n) is 11.4. The number of aliphatic hydroxyl groups is 1. The highest BCUT2D eigenvalue weighted by Gasteiger charge is 2.06. The summed E-state index contributed by atoms with van der Waals surface area (Å²) in [6.07, 6.45) is 2.43. The molecule has 0 heterocycles. The highest BCUT2D eigenvalue weighted by Crippen LogP contribution is 1.98. The van der Waals surface area contributed by atoms with E-state index in [1.807, 2.05) is 13.8 Å². The van der Waals surface area contributed by atoms with Crippen molar-refractivity contribution in [1.29, 1.82) is 0 Å². The lowest BCUT2D eigenvalue weighted by Crippen LogP contribution is -2.26. The van der Waals surface area contributed by atoms with E-state index >= 15 is 0 Å². The van der Waals surface area contributed by atoms with Crippen molar-refractivity contribution in [1.82, 2.24) is 5.32 Å². The predicted molar refractivity (Wildman–Crippen MR) is 70.4 cm³/mol. The minimum absolute atomic E-state index is 0.161. The van der Waals surface area contributed by atoms with Gasteiger partial charge < -0.3 is 19.9 Å². The topological polar surface area (TPSA) is 67.8 Å². The Labute approximate surface area is 109 Å². The Hall–Kier alpha value is -0.910. The van der Waals surface area contributed by atoms with Crippen LogP contribution in [-0.2, 0) is 14.3 Å². The van der Waals surface area contributed by atoms with Gasteiger partial charge in [0.2, 0.25) is 5.91 Å². The molecule has 2 N–H and O–H groups in total. The van der Waals surface area contributed by atoms with Gasteiger partial charge in [-0.3, -0.25) is 4.79 Å². The summed E-state index contributed by atoms with van der Waals surface area (Å²) in [7, 11) is 0. The first-order chi connectivity index (χ1) is 8.60. The van der Waals surface area contributed by atoms with Crippen molar-refractivity contribution in [3.05, 3.63) is 12.7 Å². The lowest BCUT2D eigenvalue weighted by Gasteiger charge is -2.15. The maximum atomic E-state index is 10.8. The van der Waals surface area contributed by atoms with Crippen LogP contribution in [0, 0.1) is 0 Å². The number of hydrogen-bond donors (Lipinski definition) is 2. The lowest BCUT2D eigenvalue weighted by atomic mass is 10.3.